The molecule has 0 saturated carbocycles. The molecule has 1 unspecified atom stereocenters. The molecule has 1 aromatic rings. The number of hydrogen-bond acceptors (Lipinski definition) is 6. The van der Waals surface area contributed by atoms with Crippen LogP contribution in [0.15, 0.2) is 18.6 Å². The Hall–Kier alpha value is -1.73. The van der Waals surface area contributed by atoms with Crippen LogP contribution in [0, 0.1) is 0 Å². The number of methoxy groups -OCH3 is 1. The van der Waals surface area contributed by atoms with E-state index in [1.54, 1.807) is 30.6 Å². The number of rotatable bonds is 8. The lowest BCUT2D eigenvalue weighted by atomic mass is 10.2. The van der Waals surface area contributed by atoms with E-state index in [9.17, 15) is 4.79 Å². The zero-order chi connectivity index (χ0) is 17.3. The molecular weight excluding hydrogens is 296 g/mol. The number of carbonyl (C=O) groups is 1. The molecule has 0 aliphatic rings. The number of carbonyl (C=O) groups excluding carboxylic acids is 1. The minimum atomic E-state index is -0.511. The molecule has 0 fully saturated rings. The molecular formula is C16H28N4O3. The molecule has 1 rings (SSSR count). The number of amides is 1. The summed E-state index contributed by atoms with van der Waals surface area (Å²) in [5, 5.41) is 3.33. The fourth-order valence-corrected chi connectivity index (χ4v) is 1.88. The zero-order valence-corrected chi connectivity index (χ0v) is 14.7. The van der Waals surface area contributed by atoms with Crippen LogP contribution in [0.25, 0.3) is 0 Å². The van der Waals surface area contributed by atoms with Crippen LogP contribution in [-0.2, 0) is 9.47 Å². The van der Waals surface area contributed by atoms with Crippen molar-refractivity contribution in [2.75, 3.05) is 33.4 Å². The largest absolute Gasteiger partial charge is 0.444 e. The minimum Gasteiger partial charge on any atom is -0.444 e. The van der Waals surface area contributed by atoms with Gasteiger partial charge in [-0.15, -0.1) is 0 Å². The molecule has 0 aliphatic carbocycles. The standard InChI is InChI=1S/C16H28N4O3/c1-13(14-12-17-6-7-19-14)18-8-9-20(10-11-22-5)15(21)23-16(2,3)4/h6-7,12-13,18H,8-11H2,1-5H3. The van der Waals surface area contributed by atoms with Crippen LogP contribution >= 0.6 is 0 Å². The SMILES string of the molecule is COCCN(CCNC(C)c1cnccn1)C(=O)OC(C)(C)C. The van der Waals surface area contributed by atoms with E-state index < -0.39 is 5.60 Å². The van der Waals surface area contributed by atoms with Crippen molar-refractivity contribution in [3.63, 3.8) is 0 Å². The van der Waals surface area contributed by atoms with Gasteiger partial charge >= 0.3 is 6.09 Å². The van der Waals surface area contributed by atoms with Crippen molar-refractivity contribution in [2.45, 2.75) is 39.3 Å². The Balaban J connectivity index is 2.49. The predicted molar refractivity (Wildman–Crippen MR) is 88.1 cm³/mol. The van der Waals surface area contributed by atoms with Gasteiger partial charge in [-0.1, -0.05) is 0 Å². The van der Waals surface area contributed by atoms with E-state index in [4.69, 9.17) is 9.47 Å². The van der Waals surface area contributed by atoms with Crippen LogP contribution < -0.4 is 5.32 Å². The average Bonchev–Trinajstić information content (AvgIpc) is 2.49. The smallest absolute Gasteiger partial charge is 0.410 e. The minimum absolute atomic E-state index is 0.0617. The zero-order valence-electron chi connectivity index (χ0n) is 14.7. The molecule has 0 aliphatic heterocycles. The second-order valence-electron chi connectivity index (χ2n) is 6.27. The van der Waals surface area contributed by atoms with Gasteiger partial charge in [-0.2, -0.15) is 0 Å². The number of hydrogen-bond donors (Lipinski definition) is 1. The summed E-state index contributed by atoms with van der Waals surface area (Å²) >= 11 is 0. The van der Waals surface area contributed by atoms with E-state index in [2.05, 4.69) is 15.3 Å². The summed E-state index contributed by atoms with van der Waals surface area (Å²) in [6, 6.07) is 0.0617. The van der Waals surface area contributed by atoms with Crippen molar-refractivity contribution in [3.8, 4) is 0 Å². The summed E-state index contributed by atoms with van der Waals surface area (Å²) in [5.74, 6) is 0. The quantitative estimate of drug-likeness (QED) is 0.788. The van der Waals surface area contributed by atoms with Gasteiger partial charge in [0.15, 0.2) is 0 Å². The first kappa shape index (κ1) is 19.3. The number of ether oxygens (including phenoxy) is 2. The van der Waals surface area contributed by atoms with Crippen molar-refractivity contribution in [1.29, 1.82) is 0 Å². The molecule has 23 heavy (non-hydrogen) atoms. The second-order valence-corrected chi connectivity index (χ2v) is 6.27. The molecule has 1 heterocycles. The number of nitrogens with one attached hydrogen (secondary N) is 1. The normalized spacial score (nSPS) is 12.7. The lowest BCUT2D eigenvalue weighted by Crippen LogP contribution is -2.42. The Kier molecular flexibility index (Phi) is 7.91. The molecule has 7 nitrogen and oxygen atoms in total. The van der Waals surface area contributed by atoms with Gasteiger partial charge in [0.2, 0.25) is 0 Å². The van der Waals surface area contributed by atoms with Gasteiger partial charge in [-0.05, 0) is 27.7 Å². The van der Waals surface area contributed by atoms with Crippen LogP contribution in [0.5, 0.6) is 0 Å². The van der Waals surface area contributed by atoms with Crippen LogP contribution in [0.4, 0.5) is 4.79 Å². The third-order valence-electron chi connectivity index (χ3n) is 3.08. The van der Waals surface area contributed by atoms with E-state index in [1.165, 1.54) is 0 Å². The topological polar surface area (TPSA) is 76.6 Å². The molecule has 1 atom stereocenters. The molecule has 0 aromatic carbocycles. The summed E-state index contributed by atoms with van der Waals surface area (Å²) in [4.78, 5) is 22.2. The highest BCUT2D eigenvalue weighted by Crippen LogP contribution is 2.10. The summed E-state index contributed by atoms with van der Waals surface area (Å²) in [5.41, 5.74) is 0.358. The number of nitrogens with zero attached hydrogens (tertiary/aromatic N) is 3. The van der Waals surface area contributed by atoms with Gasteiger partial charge in [0.25, 0.3) is 0 Å². The molecule has 0 radical (unpaired) electrons. The molecule has 0 spiro atoms. The van der Waals surface area contributed by atoms with Crippen molar-refractivity contribution in [3.05, 3.63) is 24.3 Å². The second kappa shape index (κ2) is 9.42. The van der Waals surface area contributed by atoms with Crippen LogP contribution in [0.3, 0.4) is 0 Å². The van der Waals surface area contributed by atoms with E-state index in [-0.39, 0.29) is 12.1 Å². The Morgan fingerprint density at radius 2 is 2.09 bits per heavy atom. The third kappa shape index (κ3) is 7.90. The molecule has 7 heteroatoms. The molecule has 1 N–H and O–H groups in total. The first-order valence-electron chi connectivity index (χ1n) is 7.79. The molecule has 130 valence electrons. The van der Waals surface area contributed by atoms with Crippen LogP contribution in [0.2, 0.25) is 0 Å². The van der Waals surface area contributed by atoms with E-state index in [0.717, 1.165) is 5.69 Å². The maximum Gasteiger partial charge on any atom is 0.410 e. The summed E-state index contributed by atoms with van der Waals surface area (Å²) in [7, 11) is 1.61. The van der Waals surface area contributed by atoms with Crippen molar-refractivity contribution in [1.82, 2.24) is 20.2 Å². The van der Waals surface area contributed by atoms with E-state index >= 15 is 0 Å². The Morgan fingerprint density at radius 3 is 2.65 bits per heavy atom. The highest BCUT2D eigenvalue weighted by Gasteiger charge is 2.21. The Morgan fingerprint density at radius 1 is 1.35 bits per heavy atom. The third-order valence-corrected chi connectivity index (χ3v) is 3.08. The number of aromatic nitrogens is 2. The molecule has 1 amide bonds. The first-order chi connectivity index (χ1) is 10.8. The highest BCUT2D eigenvalue weighted by atomic mass is 16.6. The fraction of sp³-hybridized carbons (Fsp3) is 0.688. The monoisotopic (exact) mass is 324 g/mol. The summed E-state index contributed by atoms with van der Waals surface area (Å²) < 4.78 is 10.5. The Labute approximate surface area is 138 Å². The van der Waals surface area contributed by atoms with Gasteiger partial charge < -0.3 is 19.7 Å². The van der Waals surface area contributed by atoms with Crippen LogP contribution in [0.1, 0.15) is 39.4 Å². The molecule has 1 aromatic heterocycles. The maximum absolute atomic E-state index is 12.2. The summed E-state index contributed by atoms with van der Waals surface area (Å²) in [6.45, 7) is 9.70. The van der Waals surface area contributed by atoms with Crippen molar-refractivity contribution >= 4 is 6.09 Å². The highest BCUT2D eigenvalue weighted by molar-refractivity contribution is 5.68. The van der Waals surface area contributed by atoms with E-state index in [1.807, 2.05) is 27.7 Å². The Bertz CT molecular complexity index is 462. The molecule has 0 saturated heterocycles. The maximum atomic E-state index is 12.2. The summed E-state index contributed by atoms with van der Waals surface area (Å²) in [6.07, 6.45) is 4.71. The predicted octanol–water partition coefficient (Wildman–Crippen LogP) is 2.01. The van der Waals surface area contributed by atoms with Crippen LogP contribution in [-0.4, -0.2) is 59.9 Å². The van der Waals surface area contributed by atoms with Crippen molar-refractivity contribution in [2.24, 2.45) is 0 Å². The fourth-order valence-electron chi connectivity index (χ4n) is 1.88. The lowest BCUT2D eigenvalue weighted by molar-refractivity contribution is 0.0203. The first-order valence-corrected chi connectivity index (χ1v) is 7.79. The average molecular weight is 324 g/mol. The van der Waals surface area contributed by atoms with Gasteiger partial charge in [0.1, 0.15) is 5.60 Å². The van der Waals surface area contributed by atoms with Gasteiger partial charge in [-0.25, -0.2) is 4.79 Å². The van der Waals surface area contributed by atoms with Gasteiger partial charge in [-0.3, -0.25) is 9.97 Å². The molecule has 0 bridgehead atoms. The van der Waals surface area contributed by atoms with Gasteiger partial charge in [0, 0.05) is 51.4 Å². The van der Waals surface area contributed by atoms with E-state index in [0.29, 0.717) is 26.2 Å². The van der Waals surface area contributed by atoms with Gasteiger partial charge in [0.05, 0.1) is 12.3 Å². The lowest BCUT2D eigenvalue weighted by Gasteiger charge is -2.27. The van der Waals surface area contributed by atoms with Crippen molar-refractivity contribution < 1.29 is 14.3 Å².